The summed E-state index contributed by atoms with van der Waals surface area (Å²) in [6, 6.07) is 23.2. The minimum absolute atomic E-state index is 0.144. The molecular formula is C27H28N6O2S. The van der Waals surface area contributed by atoms with Crippen molar-refractivity contribution in [2.45, 2.75) is 25.9 Å². The van der Waals surface area contributed by atoms with Gasteiger partial charge in [-0.1, -0.05) is 47.2 Å². The lowest BCUT2D eigenvalue weighted by Gasteiger charge is -2.11. The van der Waals surface area contributed by atoms with E-state index in [0.29, 0.717) is 29.3 Å². The molecule has 0 atom stereocenters. The van der Waals surface area contributed by atoms with Gasteiger partial charge in [0.05, 0.1) is 12.4 Å². The Bertz CT molecular complexity index is 1230. The standard InChI is InChI=1S/C27H28N6O2S/c1-4-35-23-15-13-20(14-16-23)28-24(34)17-36-27-32-25(29-21-9-5-18(2)6-10-21)31-26(33-27)30-22-11-7-19(3)8-12-22/h5-16H,4,17H2,1-3H3,(H,28,34)(H2,29,30,31,32,33). The summed E-state index contributed by atoms with van der Waals surface area (Å²) in [6.07, 6.45) is 0. The van der Waals surface area contributed by atoms with Gasteiger partial charge in [0.15, 0.2) is 5.16 Å². The average molecular weight is 501 g/mol. The fourth-order valence-corrected chi connectivity index (χ4v) is 3.83. The van der Waals surface area contributed by atoms with Gasteiger partial charge >= 0.3 is 0 Å². The highest BCUT2D eigenvalue weighted by atomic mass is 32.2. The van der Waals surface area contributed by atoms with Gasteiger partial charge in [0.2, 0.25) is 17.8 Å². The highest BCUT2D eigenvalue weighted by Crippen LogP contribution is 2.23. The number of anilines is 5. The van der Waals surface area contributed by atoms with Crippen LogP contribution in [-0.4, -0.2) is 33.2 Å². The Hall–Kier alpha value is -4.11. The third-order valence-electron chi connectivity index (χ3n) is 5.01. The van der Waals surface area contributed by atoms with Gasteiger partial charge in [0.25, 0.3) is 0 Å². The monoisotopic (exact) mass is 500 g/mol. The van der Waals surface area contributed by atoms with Crippen LogP contribution in [0, 0.1) is 13.8 Å². The van der Waals surface area contributed by atoms with E-state index in [9.17, 15) is 4.79 Å². The molecule has 184 valence electrons. The summed E-state index contributed by atoms with van der Waals surface area (Å²) in [7, 11) is 0. The molecule has 3 aromatic carbocycles. The zero-order valence-electron chi connectivity index (χ0n) is 20.4. The molecule has 0 spiro atoms. The van der Waals surface area contributed by atoms with Crippen LogP contribution in [0.1, 0.15) is 18.1 Å². The van der Waals surface area contributed by atoms with Crippen LogP contribution in [-0.2, 0) is 4.79 Å². The van der Waals surface area contributed by atoms with Gasteiger partial charge in [0.1, 0.15) is 5.75 Å². The smallest absolute Gasteiger partial charge is 0.234 e. The molecule has 0 bridgehead atoms. The van der Waals surface area contributed by atoms with Crippen LogP contribution < -0.4 is 20.7 Å². The van der Waals surface area contributed by atoms with Gasteiger partial charge < -0.3 is 20.7 Å². The van der Waals surface area contributed by atoms with Crippen LogP contribution in [0.2, 0.25) is 0 Å². The molecule has 0 unspecified atom stereocenters. The molecule has 0 fully saturated rings. The van der Waals surface area contributed by atoms with Crippen LogP contribution in [0.4, 0.5) is 29.0 Å². The summed E-state index contributed by atoms with van der Waals surface area (Å²) in [5.74, 6) is 1.52. The van der Waals surface area contributed by atoms with Crippen molar-refractivity contribution >= 4 is 46.6 Å². The van der Waals surface area contributed by atoms with Gasteiger partial charge in [-0.25, -0.2) is 0 Å². The number of benzene rings is 3. The molecule has 0 saturated heterocycles. The van der Waals surface area contributed by atoms with Gasteiger partial charge in [-0.2, -0.15) is 15.0 Å². The molecule has 4 aromatic rings. The number of carbonyl (C=O) groups is 1. The summed E-state index contributed by atoms with van der Waals surface area (Å²) < 4.78 is 5.44. The molecule has 9 heteroatoms. The molecule has 0 saturated carbocycles. The maximum atomic E-state index is 12.5. The molecular weight excluding hydrogens is 472 g/mol. The van der Waals surface area contributed by atoms with E-state index >= 15 is 0 Å². The number of nitrogens with zero attached hydrogens (tertiary/aromatic N) is 3. The fourth-order valence-electron chi connectivity index (χ4n) is 3.19. The van der Waals surface area contributed by atoms with Crippen LogP contribution in [0.25, 0.3) is 0 Å². The zero-order valence-corrected chi connectivity index (χ0v) is 21.2. The Morgan fingerprint density at radius 1 is 0.750 bits per heavy atom. The number of thioether (sulfide) groups is 1. The van der Waals surface area contributed by atoms with Crippen molar-refractivity contribution in [1.29, 1.82) is 0 Å². The van der Waals surface area contributed by atoms with E-state index in [-0.39, 0.29) is 11.7 Å². The van der Waals surface area contributed by atoms with E-state index in [1.807, 2.05) is 93.6 Å². The molecule has 36 heavy (non-hydrogen) atoms. The van der Waals surface area contributed by atoms with Gasteiger partial charge in [-0.15, -0.1) is 0 Å². The second-order valence-electron chi connectivity index (χ2n) is 8.04. The number of nitrogens with one attached hydrogen (secondary N) is 3. The van der Waals surface area contributed by atoms with Crippen molar-refractivity contribution in [3.63, 3.8) is 0 Å². The molecule has 0 aliphatic rings. The van der Waals surface area contributed by atoms with Crippen LogP contribution in [0.5, 0.6) is 5.75 Å². The number of ether oxygens (including phenoxy) is 1. The van der Waals surface area contributed by atoms with Crippen LogP contribution >= 0.6 is 11.8 Å². The highest BCUT2D eigenvalue weighted by Gasteiger charge is 2.11. The molecule has 0 aliphatic heterocycles. The summed E-state index contributed by atoms with van der Waals surface area (Å²) >= 11 is 1.23. The second kappa shape index (κ2) is 12.0. The predicted octanol–water partition coefficient (Wildman–Crippen LogP) is 6.11. The summed E-state index contributed by atoms with van der Waals surface area (Å²) in [4.78, 5) is 26.1. The molecule has 1 amide bonds. The Labute approximate surface area is 214 Å². The van der Waals surface area contributed by atoms with Crippen molar-refractivity contribution in [1.82, 2.24) is 15.0 Å². The SMILES string of the molecule is CCOc1ccc(NC(=O)CSc2nc(Nc3ccc(C)cc3)nc(Nc3ccc(C)cc3)n2)cc1. The number of hydrogen-bond donors (Lipinski definition) is 3. The van der Waals surface area contributed by atoms with Crippen molar-refractivity contribution in [2.24, 2.45) is 0 Å². The molecule has 8 nitrogen and oxygen atoms in total. The van der Waals surface area contributed by atoms with Crippen LogP contribution in [0.3, 0.4) is 0 Å². The van der Waals surface area contributed by atoms with E-state index in [0.717, 1.165) is 28.3 Å². The third kappa shape index (κ3) is 7.44. The fraction of sp³-hybridized carbons (Fsp3) is 0.185. The number of carbonyl (C=O) groups excluding carboxylic acids is 1. The van der Waals surface area contributed by atoms with Crippen molar-refractivity contribution in [3.05, 3.63) is 83.9 Å². The first kappa shape index (κ1) is 25.0. The summed E-state index contributed by atoms with van der Waals surface area (Å²) in [6.45, 7) is 6.58. The number of aromatic nitrogens is 3. The lowest BCUT2D eigenvalue weighted by molar-refractivity contribution is -0.113. The molecule has 4 rings (SSSR count). The van der Waals surface area contributed by atoms with E-state index in [4.69, 9.17) is 4.74 Å². The number of rotatable bonds is 10. The average Bonchev–Trinajstić information content (AvgIpc) is 2.87. The first-order valence-corrected chi connectivity index (χ1v) is 12.5. The quantitative estimate of drug-likeness (QED) is 0.224. The minimum atomic E-state index is -0.161. The lowest BCUT2D eigenvalue weighted by Crippen LogP contribution is -2.14. The zero-order chi connectivity index (χ0) is 25.3. The van der Waals surface area contributed by atoms with Crippen LogP contribution in [0.15, 0.2) is 78.0 Å². The highest BCUT2D eigenvalue weighted by molar-refractivity contribution is 7.99. The number of hydrogen-bond acceptors (Lipinski definition) is 8. The van der Waals surface area contributed by atoms with Crippen molar-refractivity contribution in [3.8, 4) is 5.75 Å². The lowest BCUT2D eigenvalue weighted by atomic mass is 10.2. The summed E-state index contributed by atoms with van der Waals surface area (Å²) in [5, 5.41) is 9.75. The van der Waals surface area contributed by atoms with E-state index in [1.165, 1.54) is 11.8 Å². The van der Waals surface area contributed by atoms with E-state index in [1.54, 1.807) is 0 Å². The van der Waals surface area contributed by atoms with Gasteiger partial charge in [-0.05, 0) is 69.3 Å². The van der Waals surface area contributed by atoms with E-state index < -0.39 is 0 Å². The van der Waals surface area contributed by atoms with E-state index in [2.05, 4.69) is 30.9 Å². The molecule has 1 aromatic heterocycles. The molecule has 0 radical (unpaired) electrons. The maximum absolute atomic E-state index is 12.5. The first-order chi connectivity index (χ1) is 17.5. The van der Waals surface area contributed by atoms with Crippen molar-refractivity contribution < 1.29 is 9.53 Å². The number of amides is 1. The Kier molecular flexibility index (Phi) is 8.36. The molecule has 0 aliphatic carbocycles. The normalized spacial score (nSPS) is 10.5. The number of aryl methyl sites for hydroxylation is 2. The van der Waals surface area contributed by atoms with Gasteiger partial charge in [0, 0.05) is 17.1 Å². The Morgan fingerprint density at radius 2 is 1.25 bits per heavy atom. The predicted molar refractivity (Wildman–Crippen MR) is 146 cm³/mol. The summed E-state index contributed by atoms with van der Waals surface area (Å²) in [5.41, 5.74) is 4.73. The molecule has 1 heterocycles. The first-order valence-electron chi connectivity index (χ1n) is 11.6. The third-order valence-corrected chi connectivity index (χ3v) is 5.86. The van der Waals surface area contributed by atoms with Gasteiger partial charge in [-0.3, -0.25) is 4.79 Å². The molecule has 3 N–H and O–H groups in total. The Balaban J connectivity index is 1.47. The second-order valence-corrected chi connectivity index (χ2v) is 8.98. The van der Waals surface area contributed by atoms with Crippen molar-refractivity contribution in [2.75, 3.05) is 28.3 Å². The largest absolute Gasteiger partial charge is 0.494 e. The maximum Gasteiger partial charge on any atom is 0.234 e. The minimum Gasteiger partial charge on any atom is -0.494 e. The Morgan fingerprint density at radius 3 is 1.75 bits per heavy atom. The topological polar surface area (TPSA) is 101 Å².